The predicted octanol–water partition coefficient (Wildman–Crippen LogP) is 2.30. The molecular weight excluding hydrogens is 172 g/mol. The molecule has 0 radical (unpaired) electrons. The van der Waals surface area contributed by atoms with Gasteiger partial charge in [-0.3, -0.25) is 4.79 Å². The average molecular weight is 182 g/mol. The van der Waals surface area contributed by atoms with Gasteiger partial charge in [-0.15, -0.1) is 11.3 Å². The Morgan fingerprint density at radius 3 is 3.00 bits per heavy atom. The third kappa shape index (κ3) is 1.14. The van der Waals surface area contributed by atoms with Crippen molar-refractivity contribution in [2.24, 2.45) is 0 Å². The summed E-state index contributed by atoms with van der Waals surface area (Å²) in [7, 11) is 0. The van der Waals surface area contributed by atoms with Crippen molar-refractivity contribution in [3.05, 3.63) is 22.4 Å². The maximum Gasteiger partial charge on any atom is 0.306 e. The molecule has 1 aromatic heterocycles. The van der Waals surface area contributed by atoms with E-state index in [1.54, 1.807) is 11.3 Å². The molecule has 2 rings (SSSR count). The Hall–Kier alpha value is -0.830. The SMILES string of the molecule is CC1(c2cccs2)CCC(=O)O1. The molecule has 1 aliphatic rings. The van der Waals surface area contributed by atoms with Gasteiger partial charge in [0.2, 0.25) is 0 Å². The summed E-state index contributed by atoms with van der Waals surface area (Å²) < 4.78 is 5.26. The molecule has 0 aliphatic carbocycles. The van der Waals surface area contributed by atoms with Crippen LogP contribution in [0.4, 0.5) is 0 Å². The Kier molecular flexibility index (Phi) is 1.68. The molecule has 0 saturated carbocycles. The van der Waals surface area contributed by atoms with Gasteiger partial charge in [0.1, 0.15) is 5.60 Å². The van der Waals surface area contributed by atoms with E-state index in [1.165, 1.54) is 0 Å². The Morgan fingerprint density at radius 1 is 1.67 bits per heavy atom. The van der Waals surface area contributed by atoms with E-state index < -0.39 is 0 Å². The van der Waals surface area contributed by atoms with Crippen LogP contribution in [0.1, 0.15) is 24.6 Å². The van der Waals surface area contributed by atoms with Gasteiger partial charge in [-0.2, -0.15) is 0 Å². The number of carbonyl (C=O) groups is 1. The molecule has 12 heavy (non-hydrogen) atoms. The number of thiophene rings is 1. The number of cyclic esters (lactones) is 1. The van der Waals surface area contributed by atoms with Gasteiger partial charge in [-0.05, 0) is 18.4 Å². The molecular formula is C9H10O2S. The van der Waals surface area contributed by atoms with E-state index in [4.69, 9.17) is 4.74 Å². The van der Waals surface area contributed by atoms with Crippen molar-refractivity contribution in [3.8, 4) is 0 Å². The second-order valence-corrected chi connectivity index (χ2v) is 4.13. The Morgan fingerprint density at radius 2 is 2.50 bits per heavy atom. The fourth-order valence-corrected chi connectivity index (χ4v) is 2.30. The highest BCUT2D eigenvalue weighted by atomic mass is 32.1. The lowest BCUT2D eigenvalue weighted by Gasteiger charge is -2.20. The van der Waals surface area contributed by atoms with Crippen molar-refractivity contribution >= 4 is 17.3 Å². The molecule has 1 aliphatic heterocycles. The quantitative estimate of drug-likeness (QED) is 0.623. The molecule has 0 aromatic carbocycles. The minimum absolute atomic E-state index is 0.0779. The number of ether oxygens (including phenoxy) is 1. The molecule has 0 spiro atoms. The first kappa shape index (κ1) is 7.80. The lowest BCUT2D eigenvalue weighted by atomic mass is 10.0. The standard InChI is InChI=1S/C9H10O2S/c1-9(5-4-8(10)11-9)7-3-2-6-12-7/h2-3,6H,4-5H2,1H3. The summed E-state index contributed by atoms with van der Waals surface area (Å²) in [6, 6.07) is 4.00. The van der Waals surface area contributed by atoms with Gasteiger partial charge in [0, 0.05) is 17.7 Å². The second kappa shape index (κ2) is 2.59. The highest BCUT2D eigenvalue weighted by molar-refractivity contribution is 7.10. The van der Waals surface area contributed by atoms with Crippen molar-refractivity contribution in [1.29, 1.82) is 0 Å². The zero-order valence-electron chi connectivity index (χ0n) is 6.87. The van der Waals surface area contributed by atoms with Crippen molar-refractivity contribution in [1.82, 2.24) is 0 Å². The molecule has 1 atom stereocenters. The van der Waals surface area contributed by atoms with E-state index in [2.05, 4.69) is 0 Å². The molecule has 3 heteroatoms. The largest absolute Gasteiger partial charge is 0.454 e. The zero-order chi connectivity index (χ0) is 8.60. The zero-order valence-corrected chi connectivity index (χ0v) is 7.69. The highest BCUT2D eigenvalue weighted by Gasteiger charge is 2.37. The summed E-state index contributed by atoms with van der Waals surface area (Å²) >= 11 is 1.64. The number of hydrogen-bond donors (Lipinski definition) is 0. The van der Waals surface area contributed by atoms with Crippen LogP contribution in [0, 0.1) is 0 Å². The van der Waals surface area contributed by atoms with E-state index >= 15 is 0 Å². The van der Waals surface area contributed by atoms with Crippen LogP contribution in [0.15, 0.2) is 17.5 Å². The monoisotopic (exact) mass is 182 g/mol. The number of esters is 1. The van der Waals surface area contributed by atoms with Crippen LogP contribution in [-0.2, 0) is 15.1 Å². The van der Waals surface area contributed by atoms with E-state index in [9.17, 15) is 4.79 Å². The Labute approximate surface area is 75.2 Å². The lowest BCUT2D eigenvalue weighted by Crippen LogP contribution is -2.18. The van der Waals surface area contributed by atoms with Gasteiger partial charge in [-0.25, -0.2) is 0 Å². The van der Waals surface area contributed by atoms with E-state index in [0.717, 1.165) is 11.3 Å². The molecule has 2 heterocycles. The van der Waals surface area contributed by atoms with Gasteiger partial charge in [0.25, 0.3) is 0 Å². The summed E-state index contributed by atoms with van der Waals surface area (Å²) in [5, 5.41) is 2.01. The van der Waals surface area contributed by atoms with Crippen LogP contribution in [0.25, 0.3) is 0 Å². The van der Waals surface area contributed by atoms with Crippen molar-refractivity contribution in [3.63, 3.8) is 0 Å². The third-order valence-electron chi connectivity index (χ3n) is 2.19. The fourth-order valence-electron chi connectivity index (χ4n) is 1.45. The van der Waals surface area contributed by atoms with Crippen LogP contribution >= 0.6 is 11.3 Å². The number of carbonyl (C=O) groups excluding carboxylic acids is 1. The summed E-state index contributed by atoms with van der Waals surface area (Å²) in [5.74, 6) is -0.0779. The van der Waals surface area contributed by atoms with E-state index in [-0.39, 0.29) is 11.6 Å². The molecule has 1 saturated heterocycles. The summed E-state index contributed by atoms with van der Waals surface area (Å²) in [6.45, 7) is 1.98. The lowest BCUT2D eigenvalue weighted by molar-refractivity contribution is -0.147. The third-order valence-corrected chi connectivity index (χ3v) is 3.30. The van der Waals surface area contributed by atoms with Crippen molar-refractivity contribution in [2.75, 3.05) is 0 Å². The van der Waals surface area contributed by atoms with Gasteiger partial charge < -0.3 is 4.74 Å². The van der Waals surface area contributed by atoms with Crippen LogP contribution in [0.5, 0.6) is 0 Å². The van der Waals surface area contributed by atoms with E-state index in [1.807, 2.05) is 24.4 Å². The summed E-state index contributed by atoms with van der Waals surface area (Å²) in [5.41, 5.74) is -0.342. The molecule has 0 amide bonds. The molecule has 1 unspecified atom stereocenters. The first-order valence-corrected chi connectivity index (χ1v) is 4.84. The molecule has 1 fully saturated rings. The molecule has 2 nitrogen and oxygen atoms in total. The first-order chi connectivity index (χ1) is 5.71. The van der Waals surface area contributed by atoms with Crippen molar-refractivity contribution < 1.29 is 9.53 Å². The van der Waals surface area contributed by atoms with Crippen molar-refractivity contribution in [2.45, 2.75) is 25.4 Å². The van der Waals surface area contributed by atoms with Gasteiger partial charge >= 0.3 is 5.97 Å². The molecule has 0 bridgehead atoms. The summed E-state index contributed by atoms with van der Waals surface area (Å²) in [6.07, 6.45) is 1.36. The maximum absolute atomic E-state index is 10.9. The van der Waals surface area contributed by atoms with Crippen LogP contribution in [0.3, 0.4) is 0 Å². The number of hydrogen-bond acceptors (Lipinski definition) is 3. The van der Waals surface area contributed by atoms with Gasteiger partial charge in [-0.1, -0.05) is 6.07 Å². The highest BCUT2D eigenvalue weighted by Crippen LogP contribution is 2.38. The topological polar surface area (TPSA) is 26.3 Å². The maximum atomic E-state index is 10.9. The molecule has 0 N–H and O–H groups in total. The predicted molar refractivity (Wildman–Crippen MR) is 47.0 cm³/mol. The van der Waals surface area contributed by atoms with Crippen LogP contribution < -0.4 is 0 Å². The van der Waals surface area contributed by atoms with Crippen LogP contribution in [0.2, 0.25) is 0 Å². The van der Waals surface area contributed by atoms with Crippen LogP contribution in [-0.4, -0.2) is 5.97 Å². The summed E-state index contributed by atoms with van der Waals surface area (Å²) in [4.78, 5) is 12.1. The van der Waals surface area contributed by atoms with Gasteiger partial charge in [0.15, 0.2) is 0 Å². The smallest absolute Gasteiger partial charge is 0.306 e. The Balaban J connectivity index is 2.28. The minimum Gasteiger partial charge on any atom is -0.454 e. The first-order valence-electron chi connectivity index (χ1n) is 3.96. The minimum atomic E-state index is -0.342. The normalized spacial score (nSPS) is 28.9. The average Bonchev–Trinajstić information content (AvgIpc) is 2.59. The van der Waals surface area contributed by atoms with E-state index in [0.29, 0.717) is 6.42 Å². The molecule has 64 valence electrons. The second-order valence-electron chi connectivity index (χ2n) is 3.18. The van der Waals surface area contributed by atoms with Gasteiger partial charge in [0.05, 0.1) is 0 Å². The number of rotatable bonds is 1. The fraction of sp³-hybridized carbons (Fsp3) is 0.444. The Bertz CT molecular complexity index is 291. The molecule has 1 aromatic rings.